The number of hydrogen-bond acceptors (Lipinski definition) is 3. The Balaban J connectivity index is 2.49. The van der Waals surface area contributed by atoms with Crippen molar-refractivity contribution in [1.29, 1.82) is 5.26 Å². The van der Waals surface area contributed by atoms with E-state index in [1.807, 2.05) is 6.07 Å². The van der Waals surface area contributed by atoms with Gasteiger partial charge in [-0.1, -0.05) is 29.3 Å². The van der Waals surface area contributed by atoms with Crippen LogP contribution in [0.4, 0.5) is 5.69 Å². The molecule has 0 saturated carbocycles. The molecule has 0 aliphatic heterocycles. The fourth-order valence-corrected chi connectivity index (χ4v) is 3.83. The molecule has 0 aliphatic carbocycles. The van der Waals surface area contributed by atoms with E-state index in [1.54, 1.807) is 18.2 Å². The van der Waals surface area contributed by atoms with Crippen molar-refractivity contribution in [2.75, 3.05) is 4.72 Å². The molecule has 0 saturated heterocycles. The lowest BCUT2D eigenvalue weighted by Gasteiger charge is -2.11. The van der Waals surface area contributed by atoms with Crippen molar-refractivity contribution >= 4 is 54.8 Å². The topological polar surface area (TPSA) is 70.0 Å². The number of anilines is 1. The Morgan fingerprint density at radius 3 is 2.52 bits per heavy atom. The molecule has 0 heterocycles. The lowest BCUT2D eigenvalue weighted by Crippen LogP contribution is -2.14. The van der Waals surface area contributed by atoms with Gasteiger partial charge in [0.05, 0.1) is 31.8 Å². The van der Waals surface area contributed by atoms with Crippen LogP contribution in [0.25, 0.3) is 0 Å². The number of nitrogens with one attached hydrogen (secondary N) is 1. The summed E-state index contributed by atoms with van der Waals surface area (Å²) in [6.07, 6.45) is 0. The molecule has 0 aromatic heterocycles. The third-order valence-corrected chi connectivity index (χ3v) is 5.79. The zero-order chi connectivity index (χ0) is 15.6. The maximum absolute atomic E-state index is 12.4. The van der Waals surface area contributed by atoms with Gasteiger partial charge < -0.3 is 0 Å². The first-order valence-electron chi connectivity index (χ1n) is 5.51. The number of benzene rings is 2. The highest BCUT2D eigenvalue weighted by Gasteiger charge is 2.20. The van der Waals surface area contributed by atoms with Gasteiger partial charge in [-0.2, -0.15) is 5.26 Å². The van der Waals surface area contributed by atoms with E-state index < -0.39 is 10.0 Å². The lowest BCUT2D eigenvalue weighted by molar-refractivity contribution is 0.601. The average Bonchev–Trinajstić information content (AvgIpc) is 2.44. The zero-order valence-electron chi connectivity index (χ0n) is 10.3. The highest BCUT2D eigenvalue weighted by atomic mass is 79.9. The summed E-state index contributed by atoms with van der Waals surface area (Å²) in [5.74, 6) is 0. The molecule has 2 aromatic rings. The summed E-state index contributed by atoms with van der Waals surface area (Å²) in [5, 5.41) is 9.25. The van der Waals surface area contributed by atoms with E-state index in [2.05, 4.69) is 20.7 Å². The quantitative estimate of drug-likeness (QED) is 0.820. The highest BCUT2D eigenvalue weighted by molar-refractivity contribution is 9.10. The Morgan fingerprint density at radius 1 is 1.14 bits per heavy atom. The molecule has 2 aromatic carbocycles. The number of halogens is 3. The second kappa shape index (κ2) is 6.24. The van der Waals surface area contributed by atoms with Crippen molar-refractivity contribution < 1.29 is 8.42 Å². The van der Waals surface area contributed by atoms with Crippen LogP contribution in [0.15, 0.2) is 45.8 Å². The van der Waals surface area contributed by atoms with E-state index in [1.165, 1.54) is 18.2 Å². The molecule has 0 fully saturated rings. The van der Waals surface area contributed by atoms with Crippen LogP contribution in [-0.4, -0.2) is 8.42 Å². The maximum atomic E-state index is 12.4. The van der Waals surface area contributed by atoms with Crippen LogP contribution >= 0.6 is 39.1 Å². The summed E-state index contributed by atoms with van der Waals surface area (Å²) in [5.41, 5.74) is 0.478. The number of hydrogen-bond donors (Lipinski definition) is 1. The van der Waals surface area contributed by atoms with Gasteiger partial charge >= 0.3 is 0 Å². The van der Waals surface area contributed by atoms with Gasteiger partial charge in [-0.15, -0.1) is 0 Å². The predicted octanol–water partition coefficient (Wildman–Crippen LogP) is 4.43. The van der Waals surface area contributed by atoms with E-state index in [9.17, 15) is 8.42 Å². The molecule has 0 atom stereocenters. The van der Waals surface area contributed by atoms with Crippen LogP contribution in [-0.2, 0) is 10.0 Å². The van der Waals surface area contributed by atoms with E-state index in [-0.39, 0.29) is 21.2 Å². The number of nitriles is 1. The van der Waals surface area contributed by atoms with Crippen molar-refractivity contribution in [3.05, 3.63) is 56.5 Å². The molecular weight excluding hydrogens is 399 g/mol. The summed E-state index contributed by atoms with van der Waals surface area (Å²) in [6.45, 7) is 0. The molecule has 0 spiro atoms. The smallest absolute Gasteiger partial charge is 0.263 e. The summed E-state index contributed by atoms with van der Waals surface area (Å²) in [7, 11) is -3.94. The average molecular weight is 406 g/mol. The molecule has 1 N–H and O–H groups in total. The number of sulfonamides is 1. The van der Waals surface area contributed by atoms with Gasteiger partial charge in [-0.05, 0) is 46.3 Å². The molecule has 8 heteroatoms. The molecule has 0 radical (unpaired) electrons. The summed E-state index contributed by atoms with van der Waals surface area (Å²) >= 11 is 15.0. The van der Waals surface area contributed by atoms with Crippen LogP contribution < -0.4 is 4.72 Å². The molecule has 21 heavy (non-hydrogen) atoms. The normalized spacial score (nSPS) is 11.0. The van der Waals surface area contributed by atoms with Crippen LogP contribution in [0.1, 0.15) is 5.56 Å². The minimum atomic E-state index is -3.94. The summed E-state index contributed by atoms with van der Waals surface area (Å²) in [4.78, 5) is -0.171. The monoisotopic (exact) mass is 404 g/mol. The van der Waals surface area contributed by atoms with Crippen molar-refractivity contribution in [2.45, 2.75) is 4.90 Å². The van der Waals surface area contributed by atoms with E-state index >= 15 is 0 Å². The maximum Gasteiger partial charge on any atom is 0.263 e. The fraction of sp³-hybridized carbons (Fsp3) is 0. The molecular formula is C13H7BrCl2N2O2S. The summed E-state index contributed by atoms with van der Waals surface area (Å²) < 4.78 is 27.6. The second-order valence-electron chi connectivity index (χ2n) is 3.96. The van der Waals surface area contributed by atoms with Gasteiger partial charge in [0.15, 0.2) is 0 Å². The molecule has 4 nitrogen and oxygen atoms in total. The molecule has 108 valence electrons. The first kappa shape index (κ1) is 16.1. The predicted molar refractivity (Wildman–Crippen MR) is 86.1 cm³/mol. The Hall–Kier alpha value is -1.26. The van der Waals surface area contributed by atoms with Crippen LogP contribution in [0, 0.1) is 11.3 Å². The lowest BCUT2D eigenvalue weighted by atomic mass is 10.2. The Morgan fingerprint density at radius 2 is 1.86 bits per heavy atom. The van der Waals surface area contributed by atoms with Crippen molar-refractivity contribution in [1.82, 2.24) is 0 Å². The molecule has 0 unspecified atom stereocenters. The Labute approximate surface area is 140 Å². The van der Waals surface area contributed by atoms with Crippen molar-refractivity contribution in [3.63, 3.8) is 0 Å². The van der Waals surface area contributed by atoms with E-state index in [4.69, 9.17) is 28.5 Å². The Kier molecular flexibility index (Phi) is 4.79. The van der Waals surface area contributed by atoms with E-state index in [0.29, 0.717) is 9.50 Å². The van der Waals surface area contributed by atoms with Gasteiger partial charge in [0, 0.05) is 0 Å². The summed E-state index contributed by atoms with van der Waals surface area (Å²) in [6, 6.07) is 10.7. The van der Waals surface area contributed by atoms with Gasteiger partial charge in [-0.3, -0.25) is 4.72 Å². The largest absolute Gasteiger partial charge is 0.278 e. The van der Waals surface area contributed by atoms with Crippen LogP contribution in [0.3, 0.4) is 0 Å². The first-order chi connectivity index (χ1) is 9.85. The number of rotatable bonds is 3. The minimum Gasteiger partial charge on any atom is -0.278 e. The van der Waals surface area contributed by atoms with Gasteiger partial charge in [-0.25, -0.2) is 8.42 Å². The van der Waals surface area contributed by atoms with Crippen LogP contribution in [0.2, 0.25) is 10.0 Å². The fourth-order valence-electron chi connectivity index (χ4n) is 1.56. The Bertz CT molecular complexity index is 848. The third-order valence-electron chi connectivity index (χ3n) is 2.55. The third kappa shape index (κ3) is 3.50. The standard InChI is InChI=1S/C13H7BrCl2N2O2S/c14-13-10(16)2-1-3-11(13)18-21(19,20)12-6-8(7-17)4-5-9(12)15/h1-6,18H. The van der Waals surface area contributed by atoms with Crippen LogP contribution in [0.5, 0.6) is 0 Å². The highest BCUT2D eigenvalue weighted by Crippen LogP contribution is 2.32. The molecule has 0 aliphatic rings. The SMILES string of the molecule is N#Cc1ccc(Cl)c(S(=O)(=O)Nc2cccc(Cl)c2Br)c1. The molecule has 2 rings (SSSR count). The molecule has 0 amide bonds. The van der Waals surface area contributed by atoms with Gasteiger partial charge in [0.2, 0.25) is 0 Å². The van der Waals surface area contributed by atoms with Crippen molar-refractivity contribution in [3.8, 4) is 6.07 Å². The number of nitrogens with zero attached hydrogens (tertiary/aromatic N) is 1. The second-order valence-corrected chi connectivity index (χ2v) is 7.22. The zero-order valence-corrected chi connectivity index (χ0v) is 14.2. The first-order valence-corrected chi connectivity index (χ1v) is 8.55. The molecule has 0 bridgehead atoms. The van der Waals surface area contributed by atoms with Crippen molar-refractivity contribution in [2.24, 2.45) is 0 Å². The van der Waals surface area contributed by atoms with Gasteiger partial charge in [0.25, 0.3) is 10.0 Å². The minimum absolute atomic E-state index is 0.0275. The van der Waals surface area contributed by atoms with Gasteiger partial charge in [0.1, 0.15) is 4.90 Å². The van der Waals surface area contributed by atoms with E-state index in [0.717, 1.165) is 0 Å².